The number of amides is 1. The molecule has 1 aromatic rings. The Hall–Kier alpha value is -2.11. The van der Waals surface area contributed by atoms with Gasteiger partial charge < -0.3 is 14.6 Å². The van der Waals surface area contributed by atoms with Crippen LogP contribution < -0.4 is 5.32 Å². The highest BCUT2D eigenvalue weighted by Crippen LogP contribution is 2.18. The van der Waals surface area contributed by atoms with Gasteiger partial charge in [-0.2, -0.15) is 0 Å². The summed E-state index contributed by atoms with van der Waals surface area (Å²) in [5.74, 6) is -1.01. The van der Waals surface area contributed by atoms with E-state index in [2.05, 4.69) is 5.32 Å². The number of esters is 1. The van der Waals surface area contributed by atoms with Gasteiger partial charge in [-0.15, -0.1) is 0 Å². The lowest BCUT2D eigenvalue weighted by Gasteiger charge is -2.17. The Balaban J connectivity index is 1.95. The minimum atomic E-state index is -0.858. The molecule has 2 rings (SSSR count). The molecule has 1 aliphatic carbocycles. The van der Waals surface area contributed by atoms with E-state index in [1.54, 1.807) is 20.2 Å². The highest BCUT2D eigenvalue weighted by Gasteiger charge is 2.24. The fourth-order valence-corrected chi connectivity index (χ4v) is 2.62. The summed E-state index contributed by atoms with van der Waals surface area (Å²) in [4.78, 5) is 35.5. The van der Waals surface area contributed by atoms with Crippen LogP contribution >= 0.6 is 0 Å². The molecular formula is C16H22N2O4. The summed E-state index contributed by atoms with van der Waals surface area (Å²) in [5.41, 5.74) is 0.697. The van der Waals surface area contributed by atoms with Crippen LogP contribution in [0.4, 0.5) is 0 Å². The number of aromatic nitrogens is 1. The van der Waals surface area contributed by atoms with Crippen molar-refractivity contribution in [2.75, 3.05) is 0 Å². The van der Waals surface area contributed by atoms with E-state index in [1.165, 1.54) is 17.6 Å². The summed E-state index contributed by atoms with van der Waals surface area (Å²) in [6.45, 7) is 2.99. The number of rotatable bonds is 5. The molecule has 0 unspecified atom stereocenters. The van der Waals surface area contributed by atoms with Crippen LogP contribution in [0.25, 0.3) is 0 Å². The molecule has 1 amide bonds. The van der Waals surface area contributed by atoms with Crippen LogP contribution in [-0.2, 0) is 16.6 Å². The van der Waals surface area contributed by atoms with Gasteiger partial charge in [0.1, 0.15) is 5.69 Å². The molecule has 1 fully saturated rings. The maximum absolute atomic E-state index is 12.1. The monoisotopic (exact) mass is 306 g/mol. The second-order valence-corrected chi connectivity index (χ2v) is 5.82. The number of Topliss-reactive ketones (excluding diaryl/α,β-unsaturated/α-hetero) is 1. The lowest BCUT2D eigenvalue weighted by atomic mass is 10.2. The van der Waals surface area contributed by atoms with E-state index in [4.69, 9.17) is 4.74 Å². The van der Waals surface area contributed by atoms with E-state index < -0.39 is 12.1 Å². The normalized spacial score (nSPS) is 16.3. The molecule has 1 atom stereocenters. The third kappa shape index (κ3) is 3.75. The van der Waals surface area contributed by atoms with E-state index in [-0.39, 0.29) is 23.4 Å². The van der Waals surface area contributed by atoms with Gasteiger partial charge in [0.25, 0.3) is 5.91 Å². The molecule has 6 nitrogen and oxygen atoms in total. The Labute approximate surface area is 129 Å². The molecule has 1 N–H and O–H groups in total. The molecule has 0 radical (unpaired) electrons. The zero-order valence-corrected chi connectivity index (χ0v) is 13.2. The molecule has 0 aliphatic heterocycles. The fourth-order valence-electron chi connectivity index (χ4n) is 2.62. The standard InChI is InChI=1S/C16H22N2O4/c1-10(19)12-8-14(18(3)9-12)16(21)22-11(2)15(20)17-13-6-4-5-7-13/h8-9,11,13H,4-7H2,1-3H3,(H,17,20)/t11-/m0/s1. The number of aryl methyl sites for hydroxylation is 1. The van der Waals surface area contributed by atoms with Crippen molar-refractivity contribution in [1.29, 1.82) is 0 Å². The van der Waals surface area contributed by atoms with Crippen molar-refractivity contribution in [2.45, 2.75) is 51.7 Å². The molecule has 0 bridgehead atoms. The van der Waals surface area contributed by atoms with Crippen LogP contribution in [0.5, 0.6) is 0 Å². The van der Waals surface area contributed by atoms with Gasteiger partial charge in [-0.25, -0.2) is 4.79 Å². The van der Waals surface area contributed by atoms with Crippen molar-refractivity contribution in [3.8, 4) is 0 Å². The highest BCUT2D eigenvalue weighted by molar-refractivity contribution is 5.98. The lowest BCUT2D eigenvalue weighted by Crippen LogP contribution is -2.41. The van der Waals surface area contributed by atoms with Crippen molar-refractivity contribution in [3.05, 3.63) is 23.5 Å². The van der Waals surface area contributed by atoms with Crippen LogP contribution in [0.1, 0.15) is 60.4 Å². The zero-order valence-electron chi connectivity index (χ0n) is 13.2. The molecule has 1 heterocycles. The fraction of sp³-hybridized carbons (Fsp3) is 0.562. The molecule has 120 valence electrons. The molecule has 1 aromatic heterocycles. The average molecular weight is 306 g/mol. The lowest BCUT2D eigenvalue weighted by molar-refractivity contribution is -0.129. The van der Waals surface area contributed by atoms with Gasteiger partial charge in [-0.05, 0) is 32.8 Å². The minimum absolute atomic E-state index is 0.123. The Bertz CT molecular complexity index is 585. The van der Waals surface area contributed by atoms with Crippen molar-refractivity contribution in [3.63, 3.8) is 0 Å². The highest BCUT2D eigenvalue weighted by atomic mass is 16.5. The summed E-state index contributed by atoms with van der Waals surface area (Å²) in [6, 6.07) is 1.67. The largest absolute Gasteiger partial charge is 0.448 e. The number of ether oxygens (including phenoxy) is 1. The molecule has 22 heavy (non-hydrogen) atoms. The van der Waals surface area contributed by atoms with Gasteiger partial charge in [0.2, 0.25) is 0 Å². The third-order valence-corrected chi connectivity index (χ3v) is 3.98. The predicted molar refractivity (Wildman–Crippen MR) is 80.7 cm³/mol. The molecule has 0 aromatic carbocycles. The zero-order chi connectivity index (χ0) is 16.3. The molecular weight excluding hydrogens is 284 g/mol. The smallest absolute Gasteiger partial charge is 0.355 e. The first-order valence-corrected chi connectivity index (χ1v) is 7.57. The summed E-state index contributed by atoms with van der Waals surface area (Å²) in [5, 5.41) is 2.90. The Morgan fingerprint density at radius 2 is 1.95 bits per heavy atom. The maximum atomic E-state index is 12.1. The van der Waals surface area contributed by atoms with Crippen molar-refractivity contribution >= 4 is 17.7 Å². The number of ketones is 1. The summed E-state index contributed by atoms with van der Waals surface area (Å²) < 4.78 is 6.73. The van der Waals surface area contributed by atoms with Crippen LogP contribution in [0.2, 0.25) is 0 Å². The van der Waals surface area contributed by atoms with Crippen LogP contribution in [-0.4, -0.2) is 34.4 Å². The Morgan fingerprint density at radius 1 is 1.32 bits per heavy atom. The van der Waals surface area contributed by atoms with Crippen LogP contribution in [0, 0.1) is 0 Å². The second-order valence-electron chi connectivity index (χ2n) is 5.82. The van der Waals surface area contributed by atoms with Crippen LogP contribution in [0.15, 0.2) is 12.3 Å². The first-order valence-electron chi connectivity index (χ1n) is 7.57. The van der Waals surface area contributed by atoms with E-state index in [9.17, 15) is 14.4 Å². The van der Waals surface area contributed by atoms with Gasteiger partial charge in [0.15, 0.2) is 11.9 Å². The van der Waals surface area contributed by atoms with Crippen LogP contribution in [0.3, 0.4) is 0 Å². The van der Waals surface area contributed by atoms with E-state index in [0.29, 0.717) is 5.56 Å². The molecule has 0 spiro atoms. The van der Waals surface area contributed by atoms with Crippen molar-refractivity contribution < 1.29 is 19.1 Å². The number of nitrogens with one attached hydrogen (secondary N) is 1. The maximum Gasteiger partial charge on any atom is 0.355 e. The number of nitrogens with zero attached hydrogens (tertiary/aromatic N) is 1. The van der Waals surface area contributed by atoms with Crippen molar-refractivity contribution in [1.82, 2.24) is 9.88 Å². The summed E-state index contributed by atoms with van der Waals surface area (Å²) in [7, 11) is 1.66. The average Bonchev–Trinajstić information content (AvgIpc) is 3.07. The minimum Gasteiger partial charge on any atom is -0.448 e. The predicted octanol–water partition coefficient (Wildman–Crippen LogP) is 1.83. The summed E-state index contributed by atoms with van der Waals surface area (Å²) in [6.07, 6.45) is 4.91. The summed E-state index contributed by atoms with van der Waals surface area (Å²) >= 11 is 0. The third-order valence-electron chi connectivity index (χ3n) is 3.98. The first kappa shape index (κ1) is 16.3. The molecule has 1 saturated carbocycles. The number of hydrogen-bond acceptors (Lipinski definition) is 4. The first-order chi connectivity index (χ1) is 10.4. The molecule has 1 aliphatic rings. The van der Waals surface area contributed by atoms with Gasteiger partial charge in [-0.3, -0.25) is 9.59 Å². The van der Waals surface area contributed by atoms with Gasteiger partial charge in [-0.1, -0.05) is 12.8 Å². The number of hydrogen-bond donors (Lipinski definition) is 1. The van der Waals surface area contributed by atoms with Crippen molar-refractivity contribution in [2.24, 2.45) is 7.05 Å². The Kier molecular flexibility index (Phi) is 5.00. The molecule has 0 saturated heterocycles. The van der Waals surface area contributed by atoms with E-state index in [0.717, 1.165) is 25.7 Å². The number of carbonyl (C=O) groups is 3. The van der Waals surface area contributed by atoms with Gasteiger partial charge in [0.05, 0.1) is 0 Å². The van der Waals surface area contributed by atoms with E-state index >= 15 is 0 Å². The van der Waals surface area contributed by atoms with Gasteiger partial charge >= 0.3 is 5.97 Å². The molecule has 6 heteroatoms. The van der Waals surface area contributed by atoms with E-state index in [1.807, 2.05) is 0 Å². The second kappa shape index (κ2) is 6.77. The van der Waals surface area contributed by atoms with Gasteiger partial charge in [0, 0.05) is 24.8 Å². The Morgan fingerprint density at radius 3 is 2.50 bits per heavy atom. The quantitative estimate of drug-likeness (QED) is 0.665. The topological polar surface area (TPSA) is 77.4 Å². The SMILES string of the molecule is CC(=O)c1cc(C(=O)O[C@@H](C)C(=O)NC2CCCC2)n(C)c1. The number of carbonyl (C=O) groups excluding carboxylic acids is 3.